The first-order chi connectivity index (χ1) is 7.40. The molecule has 1 heterocycles. The van der Waals surface area contributed by atoms with Gasteiger partial charge in [-0.3, -0.25) is 0 Å². The van der Waals surface area contributed by atoms with E-state index in [9.17, 15) is 0 Å². The van der Waals surface area contributed by atoms with Crippen LogP contribution in [0.4, 0.5) is 0 Å². The van der Waals surface area contributed by atoms with E-state index in [1.165, 1.54) is 25.7 Å². The van der Waals surface area contributed by atoms with Gasteiger partial charge in [0, 0.05) is 6.04 Å². The van der Waals surface area contributed by atoms with E-state index in [4.69, 9.17) is 10.2 Å². The van der Waals surface area contributed by atoms with Crippen molar-refractivity contribution in [2.75, 3.05) is 6.54 Å². The molecule has 0 amide bonds. The van der Waals surface area contributed by atoms with Gasteiger partial charge in [-0.25, -0.2) is 0 Å². The topological polar surface area (TPSA) is 51.2 Å². The van der Waals surface area contributed by atoms with Crippen molar-refractivity contribution in [3.05, 3.63) is 24.2 Å². The van der Waals surface area contributed by atoms with Crippen molar-refractivity contribution < 1.29 is 4.42 Å². The van der Waals surface area contributed by atoms with Gasteiger partial charge < -0.3 is 15.5 Å². The highest BCUT2D eigenvalue weighted by Gasteiger charge is 2.23. The number of hydrogen-bond acceptors (Lipinski definition) is 3. The van der Waals surface area contributed by atoms with Crippen molar-refractivity contribution in [2.45, 2.75) is 38.3 Å². The van der Waals surface area contributed by atoms with Crippen LogP contribution in [0.2, 0.25) is 0 Å². The van der Waals surface area contributed by atoms with Gasteiger partial charge in [-0.05, 0) is 37.4 Å². The Hall–Kier alpha value is -0.800. The number of rotatable bonds is 4. The molecular formula is C12H20N2O. The van der Waals surface area contributed by atoms with Crippen LogP contribution in [0.25, 0.3) is 0 Å². The van der Waals surface area contributed by atoms with Crippen molar-refractivity contribution in [1.29, 1.82) is 0 Å². The zero-order chi connectivity index (χ0) is 10.5. The molecular weight excluding hydrogens is 188 g/mol. The van der Waals surface area contributed by atoms with Gasteiger partial charge in [-0.15, -0.1) is 0 Å². The molecule has 1 aliphatic carbocycles. The maximum atomic E-state index is 5.78. The summed E-state index contributed by atoms with van der Waals surface area (Å²) in [4.78, 5) is 0. The molecule has 1 saturated carbocycles. The Morgan fingerprint density at radius 2 is 2.27 bits per heavy atom. The summed E-state index contributed by atoms with van der Waals surface area (Å²) in [5.74, 6) is 1.66. The summed E-state index contributed by atoms with van der Waals surface area (Å²) in [5.41, 5.74) is 5.78. The smallest absolute Gasteiger partial charge is 0.117 e. The van der Waals surface area contributed by atoms with Crippen molar-refractivity contribution in [1.82, 2.24) is 5.32 Å². The molecule has 1 aliphatic rings. The zero-order valence-corrected chi connectivity index (χ0v) is 9.11. The van der Waals surface area contributed by atoms with E-state index in [1.54, 1.807) is 6.26 Å². The second-order valence-corrected chi connectivity index (χ2v) is 4.35. The maximum Gasteiger partial charge on any atom is 0.117 e. The van der Waals surface area contributed by atoms with Gasteiger partial charge in [-0.1, -0.05) is 12.8 Å². The minimum atomic E-state index is 0.578. The van der Waals surface area contributed by atoms with E-state index >= 15 is 0 Å². The van der Waals surface area contributed by atoms with E-state index < -0.39 is 0 Å². The number of nitrogens with two attached hydrogens (primary N) is 1. The molecule has 0 spiro atoms. The highest BCUT2D eigenvalue weighted by molar-refractivity contribution is 4.98. The van der Waals surface area contributed by atoms with E-state index in [1.807, 2.05) is 12.1 Å². The van der Waals surface area contributed by atoms with Crippen LogP contribution in [0.1, 0.15) is 31.4 Å². The summed E-state index contributed by atoms with van der Waals surface area (Å²) >= 11 is 0. The fourth-order valence-electron chi connectivity index (χ4n) is 2.40. The molecule has 84 valence electrons. The van der Waals surface area contributed by atoms with Crippen LogP contribution in [-0.2, 0) is 6.54 Å². The molecule has 3 nitrogen and oxygen atoms in total. The van der Waals surface area contributed by atoms with E-state index in [-0.39, 0.29) is 0 Å². The normalized spacial score (nSPS) is 26.7. The Morgan fingerprint density at radius 1 is 1.40 bits per heavy atom. The predicted octanol–water partition coefficient (Wildman–Crippen LogP) is 1.89. The Morgan fingerprint density at radius 3 is 3.00 bits per heavy atom. The Kier molecular flexibility index (Phi) is 3.80. The molecule has 0 saturated heterocycles. The van der Waals surface area contributed by atoms with Crippen molar-refractivity contribution in [3.8, 4) is 0 Å². The third kappa shape index (κ3) is 2.83. The van der Waals surface area contributed by atoms with Crippen molar-refractivity contribution in [3.63, 3.8) is 0 Å². The molecule has 2 atom stereocenters. The highest BCUT2D eigenvalue weighted by atomic mass is 16.3. The van der Waals surface area contributed by atoms with Gasteiger partial charge in [0.1, 0.15) is 5.76 Å². The van der Waals surface area contributed by atoms with Crippen LogP contribution in [-0.4, -0.2) is 12.6 Å². The molecule has 2 unspecified atom stereocenters. The number of hydrogen-bond donors (Lipinski definition) is 2. The van der Waals surface area contributed by atoms with Crippen LogP contribution < -0.4 is 11.1 Å². The number of nitrogens with one attached hydrogen (secondary N) is 1. The SMILES string of the molecule is NCC1CCCCC1NCc1ccco1. The Bertz CT molecular complexity index is 271. The van der Waals surface area contributed by atoms with E-state index in [2.05, 4.69) is 5.32 Å². The van der Waals surface area contributed by atoms with Crippen molar-refractivity contribution in [2.24, 2.45) is 11.7 Å². The lowest BCUT2D eigenvalue weighted by Gasteiger charge is -2.31. The minimum absolute atomic E-state index is 0.578. The molecule has 1 aromatic rings. The molecule has 1 fully saturated rings. The summed E-state index contributed by atoms with van der Waals surface area (Å²) in [6.45, 7) is 1.63. The Balaban J connectivity index is 1.81. The molecule has 1 aromatic heterocycles. The van der Waals surface area contributed by atoms with Gasteiger partial charge in [0.15, 0.2) is 0 Å². The summed E-state index contributed by atoms with van der Waals surface area (Å²) in [5, 5.41) is 3.55. The zero-order valence-electron chi connectivity index (χ0n) is 9.11. The lowest BCUT2D eigenvalue weighted by molar-refractivity contribution is 0.261. The summed E-state index contributed by atoms with van der Waals surface area (Å²) < 4.78 is 5.30. The molecule has 3 heteroatoms. The van der Waals surface area contributed by atoms with Gasteiger partial charge in [0.05, 0.1) is 12.8 Å². The summed E-state index contributed by atoms with van der Waals surface area (Å²) in [7, 11) is 0. The average molecular weight is 208 g/mol. The van der Waals surface area contributed by atoms with Crippen LogP contribution in [0.5, 0.6) is 0 Å². The summed E-state index contributed by atoms with van der Waals surface area (Å²) in [6, 6.07) is 4.51. The predicted molar refractivity (Wildman–Crippen MR) is 60.3 cm³/mol. The first kappa shape index (κ1) is 10.7. The van der Waals surface area contributed by atoms with Gasteiger partial charge in [0.2, 0.25) is 0 Å². The molecule has 3 N–H and O–H groups in total. The quantitative estimate of drug-likeness (QED) is 0.794. The van der Waals surface area contributed by atoms with Gasteiger partial charge in [-0.2, -0.15) is 0 Å². The minimum Gasteiger partial charge on any atom is -0.468 e. The largest absolute Gasteiger partial charge is 0.468 e. The monoisotopic (exact) mass is 208 g/mol. The third-order valence-electron chi connectivity index (χ3n) is 3.33. The lowest BCUT2D eigenvalue weighted by atomic mass is 9.84. The molecule has 2 rings (SSSR count). The first-order valence-corrected chi connectivity index (χ1v) is 5.86. The van der Waals surface area contributed by atoms with Crippen LogP contribution >= 0.6 is 0 Å². The van der Waals surface area contributed by atoms with E-state index in [0.29, 0.717) is 12.0 Å². The molecule has 15 heavy (non-hydrogen) atoms. The fourth-order valence-corrected chi connectivity index (χ4v) is 2.40. The second-order valence-electron chi connectivity index (χ2n) is 4.35. The Labute approximate surface area is 91.0 Å². The van der Waals surface area contributed by atoms with Crippen LogP contribution in [0, 0.1) is 5.92 Å². The van der Waals surface area contributed by atoms with Crippen molar-refractivity contribution >= 4 is 0 Å². The maximum absolute atomic E-state index is 5.78. The fraction of sp³-hybridized carbons (Fsp3) is 0.667. The molecule has 0 aliphatic heterocycles. The second kappa shape index (κ2) is 5.33. The van der Waals surface area contributed by atoms with Crippen LogP contribution in [0.3, 0.4) is 0 Å². The van der Waals surface area contributed by atoms with Gasteiger partial charge >= 0.3 is 0 Å². The third-order valence-corrected chi connectivity index (χ3v) is 3.33. The number of furan rings is 1. The molecule has 0 radical (unpaired) electrons. The van der Waals surface area contributed by atoms with Crippen LogP contribution in [0.15, 0.2) is 22.8 Å². The highest BCUT2D eigenvalue weighted by Crippen LogP contribution is 2.23. The standard InChI is InChI=1S/C12H20N2O/c13-8-10-4-1-2-6-12(10)14-9-11-5-3-7-15-11/h3,5,7,10,12,14H,1-2,4,6,8-9,13H2. The average Bonchev–Trinajstić information content (AvgIpc) is 2.79. The summed E-state index contributed by atoms with van der Waals surface area (Å²) in [6.07, 6.45) is 6.90. The van der Waals surface area contributed by atoms with Gasteiger partial charge in [0.25, 0.3) is 0 Å². The van der Waals surface area contributed by atoms with E-state index in [0.717, 1.165) is 18.8 Å². The first-order valence-electron chi connectivity index (χ1n) is 5.86. The molecule has 0 bridgehead atoms. The lowest BCUT2D eigenvalue weighted by Crippen LogP contribution is -2.41. The molecule has 0 aromatic carbocycles.